The number of aryl methyl sites for hydroxylation is 1. The highest BCUT2D eigenvalue weighted by atomic mass is 32.1. The van der Waals surface area contributed by atoms with Crippen molar-refractivity contribution in [1.82, 2.24) is 9.97 Å². The summed E-state index contributed by atoms with van der Waals surface area (Å²) in [5.74, 6) is 0. The minimum Gasteiger partial charge on any atom is -0.345 e. The lowest BCUT2D eigenvalue weighted by atomic mass is 10.1. The van der Waals surface area contributed by atoms with Crippen LogP contribution in [0.25, 0.3) is 11.0 Å². The minimum absolute atomic E-state index is 0.975. The van der Waals surface area contributed by atoms with Crippen LogP contribution >= 0.6 is 12.6 Å². The van der Waals surface area contributed by atoms with E-state index >= 15 is 0 Å². The van der Waals surface area contributed by atoms with Crippen LogP contribution in [-0.4, -0.2) is 29.5 Å². The molecule has 2 rings (SSSR count). The highest BCUT2D eigenvalue weighted by molar-refractivity contribution is 7.79. The molecule has 0 saturated carbocycles. The molecular formula is C14H23N3S. The van der Waals surface area contributed by atoms with Gasteiger partial charge in [-0.1, -0.05) is 26.0 Å². The molecule has 0 spiro atoms. The van der Waals surface area contributed by atoms with E-state index in [0.717, 1.165) is 23.9 Å². The molecule has 0 amide bonds. The summed E-state index contributed by atoms with van der Waals surface area (Å²) in [6.07, 6.45) is 7.34. The number of benzene rings is 1. The van der Waals surface area contributed by atoms with Gasteiger partial charge in [0.25, 0.3) is 0 Å². The number of nitrogens with one attached hydrogen (secondary N) is 1. The maximum atomic E-state index is 4.30. The molecule has 2 aromatic rings. The quantitative estimate of drug-likeness (QED) is 0.644. The molecule has 1 N–H and O–H groups in total. The van der Waals surface area contributed by atoms with Gasteiger partial charge in [-0.25, -0.2) is 4.98 Å². The summed E-state index contributed by atoms with van der Waals surface area (Å²) in [5.41, 5.74) is 3.47. The largest absolute Gasteiger partial charge is 0.345 e. The zero-order chi connectivity index (χ0) is 13.8. The van der Waals surface area contributed by atoms with Crippen molar-refractivity contribution >= 4 is 29.9 Å². The number of nitrogens with zero attached hydrogens (tertiary/aromatic N) is 2. The van der Waals surface area contributed by atoms with Gasteiger partial charge < -0.3 is 9.98 Å². The van der Waals surface area contributed by atoms with Crippen molar-refractivity contribution in [3.8, 4) is 0 Å². The third-order valence-corrected chi connectivity index (χ3v) is 2.26. The molecule has 0 aliphatic heterocycles. The summed E-state index contributed by atoms with van der Waals surface area (Å²) in [7, 11) is 1.80. The van der Waals surface area contributed by atoms with Crippen molar-refractivity contribution in [3.05, 3.63) is 30.1 Å². The van der Waals surface area contributed by atoms with Gasteiger partial charge in [0.1, 0.15) is 0 Å². The first-order valence-corrected chi connectivity index (χ1v) is 7.07. The van der Waals surface area contributed by atoms with Crippen LogP contribution in [0, 0.1) is 0 Å². The van der Waals surface area contributed by atoms with Gasteiger partial charge in [-0.15, -0.1) is 0 Å². The van der Waals surface area contributed by atoms with E-state index < -0.39 is 0 Å². The maximum absolute atomic E-state index is 4.30. The topological polar surface area (TPSA) is 41.0 Å². The number of hydrogen-bond acceptors (Lipinski definition) is 3. The lowest BCUT2D eigenvalue weighted by molar-refractivity contribution is 1.06. The molecule has 0 aliphatic carbocycles. The third kappa shape index (κ3) is 4.92. The highest BCUT2D eigenvalue weighted by Gasteiger charge is 2.01. The number of para-hydroxylation sites is 1. The van der Waals surface area contributed by atoms with Crippen molar-refractivity contribution in [2.24, 2.45) is 4.99 Å². The molecule has 0 saturated heterocycles. The average Bonchev–Trinajstić information content (AvgIpc) is 2.93. The molecule has 0 aliphatic rings. The summed E-state index contributed by atoms with van der Waals surface area (Å²) >= 11 is 3.53. The molecule has 3 nitrogen and oxygen atoms in total. The van der Waals surface area contributed by atoms with Crippen LogP contribution in [0.15, 0.2) is 29.5 Å². The first-order chi connectivity index (χ1) is 8.92. The molecule has 0 atom stereocenters. The Morgan fingerprint density at radius 1 is 1.33 bits per heavy atom. The van der Waals surface area contributed by atoms with Crippen LogP contribution in [0.4, 0.5) is 0 Å². The predicted octanol–water partition coefficient (Wildman–Crippen LogP) is 3.77. The van der Waals surface area contributed by atoms with Crippen LogP contribution in [0.2, 0.25) is 0 Å². The Kier molecular flexibility index (Phi) is 10.1. The van der Waals surface area contributed by atoms with Gasteiger partial charge in [-0.05, 0) is 36.9 Å². The van der Waals surface area contributed by atoms with Gasteiger partial charge in [0.2, 0.25) is 0 Å². The van der Waals surface area contributed by atoms with Gasteiger partial charge in [0.15, 0.2) is 0 Å². The van der Waals surface area contributed by atoms with Crippen LogP contribution in [0.3, 0.4) is 0 Å². The lowest BCUT2D eigenvalue weighted by Crippen LogP contribution is -1.87. The van der Waals surface area contributed by atoms with Crippen LogP contribution in [-0.2, 0) is 6.42 Å². The van der Waals surface area contributed by atoms with Gasteiger partial charge in [0.05, 0.1) is 17.4 Å². The second-order valence-corrected chi connectivity index (χ2v) is 3.20. The number of H-pyrrole nitrogens is 1. The monoisotopic (exact) mass is 265 g/mol. The Labute approximate surface area is 115 Å². The Hall–Kier alpha value is -1.29. The normalized spacial score (nSPS) is 9.61. The smallest absolute Gasteiger partial charge is 0.0931 e. The summed E-state index contributed by atoms with van der Waals surface area (Å²) < 4.78 is 0. The molecule has 0 radical (unpaired) electrons. The zero-order valence-corrected chi connectivity index (χ0v) is 12.5. The van der Waals surface area contributed by atoms with E-state index in [4.69, 9.17) is 0 Å². The number of aromatic amines is 1. The first-order valence-electron chi connectivity index (χ1n) is 6.18. The molecule has 1 aromatic carbocycles. The van der Waals surface area contributed by atoms with E-state index in [0.29, 0.717) is 0 Å². The SMILES string of the molecule is CC.CN=CCCc1cccc2[nH]cnc12.CS. The summed E-state index contributed by atoms with van der Waals surface area (Å²) in [5, 5.41) is 0. The van der Waals surface area contributed by atoms with E-state index in [1.807, 2.05) is 26.1 Å². The maximum Gasteiger partial charge on any atom is 0.0931 e. The molecule has 0 fully saturated rings. The zero-order valence-electron chi connectivity index (χ0n) is 11.6. The second-order valence-electron chi connectivity index (χ2n) is 3.20. The summed E-state index contributed by atoms with van der Waals surface area (Å²) in [6, 6.07) is 6.21. The number of fused-ring (bicyclic) bond motifs is 1. The number of thiol groups is 1. The Morgan fingerprint density at radius 3 is 2.72 bits per heavy atom. The number of imidazole rings is 1. The van der Waals surface area contributed by atoms with Gasteiger partial charge in [-0.3, -0.25) is 0 Å². The van der Waals surface area contributed by atoms with E-state index in [2.05, 4.69) is 39.7 Å². The lowest BCUT2D eigenvalue weighted by Gasteiger charge is -1.98. The van der Waals surface area contributed by atoms with Crippen LogP contribution in [0.5, 0.6) is 0 Å². The highest BCUT2D eigenvalue weighted by Crippen LogP contribution is 2.15. The van der Waals surface area contributed by atoms with Gasteiger partial charge in [0, 0.05) is 7.05 Å². The molecule has 0 unspecified atom stereocenters. The molecule has 4 heteroatoms. The predicted molar refractivity (Wildman–Crippen MR) is 85.1 cm³/mol. The molecule has 1 aromatic heterocycles. The van der Waals surface area contributed by atoms with Crippen LogP contribution in [0.1, 0.15) is 25.8 Å². The van der Waals surface area contributed by atoms with Gasteiger partial charge in [-0.2, -0.15) is 12.6 Å². The Morgan fingerprint density at radius 2 is 2.06 bits per heavy atom. The van der Waals surface area contributed by atoms with Crippen molar-refractivity contribution < 1.29 is 0 Å². The fraction of sp³-hybridized carbons (Fsp3) is 0.429. The van der Waals surface area contributed by atoms with Crippen molar-refractivity contribution in [2.45, 2.75) is 26.7 Å². The Bertz CT molecular complexity index is 449. The van der Waals surface area contributed by atoms with E-state index in [1.165, 1.54) is 5.56 Å². The van der Waals surface area contributed by atoms with Gasteiger partial charge >= 0.3 is 0 Å². The average molecular weight is 265 g/mol. The molecule has 18 heavy (non-hydrogen) atoms. The fourth-order valence-corrected chi connectivity index (χ4v) is 1.58. The minimum atomic E-state index is 0.975. The molecule has 100 valence electrons. The van der Waals surface area contributed by atoms with Crippen LogP contribution < -0.4 is 0 Å². The molecular weight excluding hydrogens is 242 g/mol. The van der Waals surface area contributed by atoms with Crippen molar-refractivity contribution in [2.75, 3.05) is 13.3 Å². The second kappa shape index (κ2) is 10.8. The Balaban J connectivity index is 0.000000659. The fourth-order valence-electron chi connectivity index (χ4n) is 1.58. The number of hydrogen-bond donors (Lipinski definition) is 2. The van der Waals surface area contributed by atoms with E-state index in [9.17, 15) is 0 Å². The number of rotatable bonds is 3. The van der Waals surface area contributed by atoms with E-state index in [1.54, 1.807) is 19.6 Å². The standard InChI is InChI=1S/C11H13N3.C2H6.CH4S/c1-12-7-3-5-9-4-2-6-10-11(9)14-8-13-10;2*1-2/h2,4,6-8H,3,5H2,1H3,(H,13,14);1-2H3;2H,1H3. The summed E-state index contributed by atoms with van der Waals surface area (Å²) in [6.45, 7) is 4.00. The summed E-state index contributed by atoms with van der Waals surface area (Å²) in [4.78, 5) is 11.4. The van der Waals surface area contributed by atoms with E-state index in [-0.39, 0.29) is 0 Å². The van der Waals surface area contributed by atoms with Crippen molar-refractivity contribution in [3.63, 3.8) is 0 Å². The third-order valence-electron chi connectivity index (χ3n) is 2.26. The number of aliphatic imine (C=N–C) groups is 1. The van der Waals surface area contributed by atoms with Crippen molar-refractivity contribution in [1.29, 1.82) is 0 Å². The number of aromatic nitrogens is 2. The molecule has 1 heterocycles. The first kappa shape index (κ1) is 16.7. The molecule has 0 bridgehead atoms.